The lowest BCUT2D eigenvalue weighted by Gasteiger charge is -2.50. The predicted molar refractivity (Wildman–Crippen MR) is 85.1 cm³/mol. The topological polar surface area (TPSA) is 65.7 Å². The van der Waals surface area contributed by atoms with Crippen LogP contribution in [0, 0.1) is 5.41 Å². The standard InChI is InChI=1S/C16H25N5O/c1-20-14-13(8-19-20)9-21(12-18-14)11-16(22)6-7-17-10-15(16)4-2-3-5-15/h8,12,17,22H,2-7,9-11H2,1H3. The van der Waals surface area contributed by atoms with Crippen LogP contribution in [-0.4, -0.2) is 51.4 Å². The molecule has 1 aromatic heterocycles. The molecule has 1 saturated carbocycles. The van der Waals surface area contributed by atoms with Gasteiger partial charge in [-0.1, -0.05) is 12.8 Å². The molecule has 2 N–H and O–H groups in total. The Morgan fingerprint density at radius 1 is 1.32 bits per heavy atom. The molecule has 1 unspecified atom stereocenters. The van der Waals surface area contributed by atoms with Crippen LogP contribution in [0.25, 0.3) is 0 Å². The van der Waals surface area contributed by atoms with Gasteiger partial charge in [-0.05, 0) is 25.8 Å². The fraction of sp³-hybridized carbons (Fsp3) is 0.750. The van der Waals surface area contributed by atoms with E-state index in [1.165, 1.54) is 12.8 Å². The van der Waals surface area contributed by atoms with Crippen LogP contribution in [0.1, 0.15) is 37.7 Å². The summed E-state index contributed by atoms with van der Waals surface area (Å²) >= 11 is 0. The smallest absolute Gasteiger partial charge is 0.156 e. The van der Waals surface area contributed by atoms with Crippen molar-refractivity contribution >= 4 is 12.2 Å². The molecule has 1 aliphatic carbocycles. The number of aliphatic hydroxyl groups is 1. The summed E-state index contributed by atoms with van der Waals surface area (Å²) in [6.45, 7) is 3.32. The normalized spacial score (nSPS) is 30.0. The molecule has 4 rings (SSSR count). The van der Waals surface area contributed by atoms with Crippen molar-refractivity contribution < 1.29 is 5.11 Å². The lowest BCUT2D eigenvalue weighted by atomic mass is 9.66. The molecule has 0 aromatic carbocycles. The number of nitrogens with zero attached hydrogens (tertiary/aromatic N) is 4. The summed E-state index contributed by atoms with van der Waals surface area (Å²) < 4.78 is 1.81. The average molecular weight is 303 g/mol. The quantitative estimate of drug-likeness (QED) is 0.861. The van der Waals surface area contributed by atoms with Crippen molar-refractivity contribution in [3.63, 3.8) is 0 Å². The molecule has 6 heteroatoms. The molecule has 120 valence electrons. The van der Waals surface area contributed by atoms with Crippen molar-refractivity contribution in [3.8, 4) is 0 Å². The summed E-state index contributed by atoms with van der Waals surface area (Å²) in [7, 11) is 1.92. The Kier molecular flexibility index (Phi) is 3.27. The van der Waals surface area contributed by atoms with Gasteiger partial charge in [-0.2, -0.15) is 5.10 Å². The maximum Gasteiger partial charge on any atom is 0.156 e. The zero-order valence-electron chi connectivity index (χ0n) is 13.3. The van der Waals surface area contributed by atoms with Crippen molar-refractivity contribution in [1.82, 2.24) is 20.0 Å². The summed E-state index contributed by atoms with van der Waals surface area (Å²) in [6, 6.07) is 0. The highest BCUT2D eigenvalue weighted by Gasteiger charge is 2.53. The van der Waals surface area contributed by atoms with Gasteiger partial charge in [-0.3, -0.25) is 4.68 Å². The van der Waals surface area contributed by atoms with Gasteiger partial charge in [0.25, 0.3) is 0 Å². The van der Waals surface area contributed by atoms with Gasteiger partial charge in [-0.25, -0.2) is 4.99 Å². The molecular formula is C16H25N5O. The Bertz CT molecular complexity index is 589. The first-order valence-corrected chi connectivity index (χ1v) is 8.34. The zero-order valence-corrected chi connectivity index (χ0v) is 13.3. The number of aromatic nitrogens is 2. The van der Waals surface area contributed by atoms with Gasteiger partial charge in [-0.15, -0.1) is 0 Å². The molecule has 2 aliphatic heterocycles. The Labute approximate surface area is 131 Å². The third kappa shape index (κ3) is 2.08. The van der Waals surface area contributed by atoms with Crippen molar-refractivity contribution in [2.24, 2.45) is 17.5 Å². The van der Waals surface area contributed by atoms with Crippen molar-refractivity contribution in [3.05, 3.63) is 11.8 Å². The molecule has 3 heterocycles. The summed E-state index contributed by atoms with van der Waals surface area (Å²) in [5.74, 6) is 0.934. The van der Waals surface area contributed by atoms with Crippen LogP contribution < -0.4 is 5.32 Å². The van der Waals surface area contributed by atoms with E-state index in [0.717, 1.165) is 50.3 Å². The Morgan fingerprint density at radius 2 is 2.14 bits per heavy atom. The fourth-order valence-electron chi connectivity index (χ4n) is 4.58. The molecule has 22 heavy (non-hydrogen) atoms. The molecule has 6 nitrogen and oxygen atoms in total. The number of rotatable bonds is 2. The first-order chi connectivity index (χ1) is 10.6. The van der Waals surface area contributed by atoms with Crippen LogP contribution >= 0.6 is 0 Å². The number of β-amino-alcohol motifs (C(OH)–C–C–N with tert-alkyl or cyclic N) is 1. The largest absolute Gasteiger partial charge is 0.387 e. The fourth-order valence-corrected chi connectivity index (χ4v) is 4.58. The predicted octanol–water partition coefficient (Wildman–Crippen LogP) is 1.18. The molecule has 1 atom stereocenters. The van der Waals surface area contributed by atoms with Crippen LogP contribution in [0.5, 0.6) is 0 Å². The maximum absolute atomic E-state index is 11.5. The van der Waals surface area contributed by atoms with Gasteiger partial charge >= 0.3 is 0 Å². The molecule has 3 aliphatic rings. The van der Waals surface area contributed by atoms with E-state index in [0.29, 0.717) is 6.54 Å². The number of aryl methyl sites for hydroxylation is 1. The van der Waals surface area contributed by atoms with E-state index in [4.69, 9.17) is 0 Å². The van der Waals surface area contributed by atoms with Crippen LogP contribution in [0.2, 0.25) is 0 Å². The Morgan fingerprint density at radius 3 is 2.95 bits per heavy atom. The second kappa shape index (κ2) is 5.06. The lowest BCUT2D eigenvalue weighted by Crippen LogP contribution is -2.62. The van der Waals surface area contributed by atoms with E-state index in [-0.39, 0.29) is 5.41 Å². The number of nitrogens with one attached hydrogen (secondary N) is 1. The molecule has 2 fully saturated rings. The maximum atomic E-state index is 11.5. The third-order valence-corrected chi connectivity index (χ3v) is 5.89. The molecule has 0 radical (unpaired) electrons. The zero-order chi connectivity index (χ0) is 15.2. The van der Waals surface area contributed by atoms with E-state index in [9.17, 15) is 5.11 Å². The Balaban J connectivity index is 1.55. The molecule has 1 aromatic rings. The summed E-state index contributed by atoms with van der Waals surface area (Å²) in [6.07, 6.45) is 9.36. The highest BCUT2D eigenvalue weighted by Crippen LogP contribution is 2.49. The minimum absolute atomic E-state index is 0.0499. The summed E-state index contributed by atoms with van der Waals surface area (Å²) in [4.78, 5) is 6.68. The Hall–Kier alpha value is -1.40. The SMILES string of the molecule is Cn1ncc2c1N=CN(CC1(O)CCNCC13CCCC3)C2. The average Bonchev–Trinajstić information content (AvgIpc) is 3.11. The van der Waals surface area contributed by atoms with E-state index < -0.39 is 5.60 Å². The molecule has 0 bridgehead atoms. The highest BCUT2D eigenvalue weighted by molar-refractivity contribution is 5.64. The van der Waals surface area contributed by atoms with Crippen LogP contribution in [0.3, 0.4) is 0 Å². The van der Waals surface area contributed by atoms with Crippen molar-refractivity contribution in [2.75, 3.05) is 19.6 Å². The van der Waals surface area contributed by atoms with Gasteiger partial charge in [0.15, 0.2) is 5.82 Å². The van der Waals surface area contributed by atoms with Crippen molar-refractivity contribution in [2.45, 2.75) is 44.2 Å². The number of hydrogen-bond donors (Lipinski definition) is 2. The number of piperidine rings is 1. The van der Waals surface area contributed by atoms with E-state index in [1.54, 1.807) is 4.68 Å². The minimum atomic E-state index is -0.611. The van der Waals surface area contributed by atoms with Crippen molar-refractivity contribution in [1.29, 1.82) is 0 Å². The summed E-state index contributed by atoms with van der Waals surface area (Å²) in [5, 5.41) is 19.2. The second-order valence-corrected chi connectivity index (χ2v) is 7.21. The third-order valence-electron chi connectivity index (χ3n) is 5.89. The molecular weight excluding hydrogens is 278 g/mol. The van der Waals surface area contributed by atoms with Gasteiger partial charge in [0.2, 0.25) is 0 Å². The first-order valence-electron chi connectivity index (χ1n) is 8.34. The van der Waals surface area contributed by atoms with E-state index in [1.807, 2.05) is 19.6 Å². The van der Waals surface area contributed by atoms with Gasteiger partial charge < -0.3 is 15.3 Å². The van der Waals surface area contributed by atoms with Crippen LogP contribution in [0.4, 0.5) is 5.82 Å². The van der Waals surface area contributed by atoms with Gasteiger partial charge in [0, 0.05) is 37.7 Å². The van der Waals surface area contributed by atoms with E-state index >= 15 is 0 Å². The molecule has 0 amide bonds. The number of aliphatic imine (C=N–C) groups is 1. The second-order valence-electron chi connectivity index (χ2n) is 7.21. The number of hydrogen-bond acceptors (Lipinski definition) is 5. The molecule has 1 saturated heterocycles. The van der Waals surface area contributed by atoms with Crippen LogP contribution in [0.15, 0.2) is 11.2 Å². The first kappa shape index (κ1) is 14.2. The summed E-state index contributed by atoms with van der Waals surface area (Å²) in [5.41, 5.74) is 0.581. The van der Waals surface area contributed by atoms with Gasteiger partial charge in [0.05, 0.1) is 18.1 Å². The monoisotopic (exact) mass is 303 g/mol. The van der Waals surface area contributed by atoms with E-state index in [2.05, 4.69) is 20.3 Å². The van der Waals surface area contributed by atoms with Crippen LogP contribution in [-0.2, 0) is 13.6 Å². The highest BCUT2D eigenvalue weighted by atomic mass is 16.3. The van der Waals surface area contributed by atoms with Gasteiger partial charge in [0.1, 0.15) is 0 Å². The molecule has 1 spiro atoms. The lowest BCUT2D eigenvalue weighted by molar-refractivity contribution is -0.113. The number of fused-ring (bicyclic) bond motifs is 1. The minimum Gasteiger partial charge on any atom is -0.387 e.